The normalized spacial score (nSPS) is 26.8. The molecule has 0 radical (unpaired) electrons. The molecule has 0 aromatic carbocycles. The van der Waals surface area contributed by atoms with Crippen molar-refractivity contribution in [3.63, 3.8) is 0 Å². The van der Waals surface area contributed by atoms with Crippen molar-refractivity contribution < 1.29 is 0 Å². The fourth-order valence-electron chi connectivity index (χ4n) is 3.37. The van der Waals surface area contributed by atoms with E-state index < -0.39 is 0 Å². The van der Waals surface area contributed by atoms with E-state index in [-0.39, 0.29) is 0 Å². The lowest BCUT2D eigenvalue weighted by Crippen LogP contribution is -2.50. The smallest absolute Gasteiger partial charge is 0.00940 e. The van der Waals surface area contributed by atoms with Gasteiger partial charge in [0.1, 0.15) is 0 Å². The van der Waals surface area contributed by atoms with Crippen LogP contribution in [-0.2, 0) is 0 Å². The molecule has 1 aliphatic rings. The zero-order valence-electron chi connectivity index (χ0n) is 13.9. The summed E-state index contributed by atoms with van der Waals surface area (Å²) in [6.07, 6.45) is 8.05. The number of nitrogens with one attached hydrogen (secondary N) is 1. The molecule has 1 aliphatic heterocycles. The standard InChI is InChI=1S/C17H36N2/c1-6-11-18-17-10-12-19(16(5)13-17)15(4)9-7-8-14(2)3/h14-18H,6-13H2,1-5H3. The average molecular weight is 268 g/mol. The summed E-state index contributed by atoms with van der Waals surface area (Å²) in [5.41, 5.74) is 0. The summed E-state index contributed by atoms with van der Waals surface area (Å²) in [6, 6.07) is 2.27. The monoisotopic (exact) mass is 268 g/mol. The van der Waals surface area contributed by atoms with Crippen molar-refractivity contribution in [2.24, 2.45) is 5.92 Å². The van der Waals surface area contributed by atoms with Crippen molar-refractivity contribution in [3.8, 4) is 0 Å². The second-order valence-corrected chi connectivity index (χ2v) is 6.94. The van der Waals surface area contributed by atoms with Crippen LogP contribution in [-0.4, -0.2) is 36.1 Å². The maximum Gasteiger partial charge on any atom is 0.00940 e. The first-order valence-corrected chi connectivity index (χ1v) is 8.53. The maximum absolute atomic E-state index is 3.69. The van der Waals surface area contributed by atoms with Crippen molar-refractivity contribution in [1.82, 2.24) is 10.2 Å². The van der Waals surface area contributed by atoms with Crippen LogP contribution in [0.2, 0.25) is 0 Å². The van der Waals surface area contributed by atoms with Gasteiger partial charge in [-0.25, -0.2) is 0 Å². The van der Waals surface area contributed by atoms with E-state index in [1.165, 1.54) is 51.6 Å². The molecule has 1 heterocycles. The molecule has 0 aliphatic carbocycles. The Morgan fingerprint density at radius 1 is 1.21 bits per heavy atom. The first-order chi connectivity index (χ1) is 9.04. The van der Waals surface area contributed by atoms with Crippen LogP contribution in [0.25, 0.3) is 0 Å². The molecule has 3 unspecified atom stereocenters. The van der Waals surface area contributed by atoms with Gasteiger partial charge in [-0.2, -0.15) is 0 Å². The summed E-state index contributed by atoms with van der Waals surface area (Å²) in [6.45, 7) is 14.2. The summed E-state index contributed by atoms with van der Waals surface area (Å²) in [4.78, 5) is 2.74. The van der Waals surface area contributed by atoms with Crippen LogP contribution in [0, 0.1) is 5.92 Å². The van der Waals surface area contributed by atoms with Gasteiger partial charge in [0.15, 0.2) is 0 Å². The SMILES string of the molecule is CCCNC1CCN(C(C)CCCC(C)C)C(C)C1. The lowest BCUT2D eigenvalue weighted by molar-refractivity contribution is 0.0896. The molecule has 2 heteroatoms. The Morgan fingerprint density at radius 2 is 1.95 bits per heavy atom. The molecule has 0 spiro atoms. The molecule has 0 aromatic heterocycles. The molecule has 1 saturated heterocycles. The van der Waals surface area contributed by atoms with Gasteiger partial charge in [-0.05, 0) is 52.0 Å². The topological polar surface area (TPSA) is 15.3 Å². The Labute approximate surface area is 121 Å². The number of likely N-dealkylation sites (tertiary alicyclic amines) is 1. The highest BCUT2D eigenvalue weighted by Crippen LogP contribution is 2.22. The summed E-state index contributed by atoms with van der Waals surface area (Å²) in [7, 11) is 0. The Morgan fingerprint density at radius 3 is 2.53 bits per heavy atom. The van der Waals surface area contributed by atoms with Crippen molar-refractivity contribution in [3.05, 3.63) is 0 Å². The average Bonchev–Trinajstić information content (AvgIpc) is 2.35. The minimum Gasteiger partial charge on any atom is -0.314 e. The predicted molar refractivity (Wildman–Crippen MR) is 85.6 cm³/mol. The van der Waals surface area contributed by atoms with Crippen LogP contribution >= 0.6 is 0 Å². The van der Waals surface area contributed by atoms with E-state index in [9.17, 15) is 0 Å². The van der Waals surface area contributed by atoms with Gasteiger partial charge in [0.05, 0.1) is 0 Å². The molecule has 3 atom stereocenters. The molecule has 0 amide bonds. The molecular formula is C17H36N2. The van der Waals surface area contributed by atoms with Crippen molar-refractivity contribution in [2.45, 2.75) is 91.3 Å². The van der Waals surface area contributed by atoms with Crippen LogP contribution in [0.1, 0.15) is 73.1 Å². The van der Waals surface area contributed by atoms with E-state index in [2.05, 4.69) is 44.8 Å². The van der Waals surface area contributed by atoms with Crippen LogP contribution in [0.5, 0.6) is 0 Å². The van der Waals surface area contributed by atoms with E-state index in [1.807, 2.05) is 0 Å². The van der Waals surface area contributed by atoms with Crippen LogP contribution < -0.4 is 5.32 Å². The van der Waals surface area contributed by atoms with Gasteiger partial charge < -0.3 is 5.32 Å². The third-order valence-corrected chi connectivity index (χ3v) is 4.58. The Balaban J connectivity index is 2.27. The van der Waals surface area contributed by atoms with Crippen molar-refractivity contribution >= 4 is 0 Å². The summed E-state index contributed by atoms with van der Waals surface area (Å²) < 4.78 is 0. The van der Waals surface area contributed by atoms with Gasteiger partial charge in [0.2, 0.25) is 0 Å². The van der Waals surface area contributed by atoms with Gasteiger partial charge in [-0.15, -0.1) is 0 Å². The second kappa shape index (κ2) is 8.97. The predicted octanol–water partition coefficient (Wildman–Crippen LogP) is 4.05. The minimum atomic E-state index is 0.747. The number of hydrogen-bond donors (Lipinski definition) is 1. The summed E-state index contributed by atoms with van der Waals surface area (Å²) in [5.74, 6) is 0.855. The number of hydrogen-bond acceptors (Lipinski definition) is 2. The van der Waals surface area contributed by atoms with E-state index in [0.717, 1.165) is 24.0 Å². The summed E-state index contributed by atoms with van der Waals surface area (Å²) in [5, 5.41) is 3.69. The number of rotatable bonds is 8. The molecular weight excluding hydrogens is 232 g/mol. The molecule has 0 saturated carbocycles. The fourth-order valence-corrected chi connectivity index (χ4v) is 3.37. The van der Waals surface area contributed by atoms with Gasteiger partial charge in [0.25, 0.3) is 0 Å². The van der Waals surface area contributed by atoms with Crippen LogP contribution in [0.3, 0.4) is 0 Å². The van der Waals surface area contributed by atoms with E-state index in [0.29, 0.717) is 0 Å². The minimum absolute atomic E-state index is 0.747. The van der Waals surface area contributed by atoms with Crippen molar-refractivity contribution in [1.29, 1.82) is 0 Å². The molecule has 1 rings (SSSR count). The molecule has 0 bridgehead atoms. The largest absolute Gasteiger partial charge is 0.314 e. The highest BCUT2D eigenvalue weighted by molar-refractivity contribution is 4.85. The maximum atomic E-state index is 3.69. The van der Waals surface area contributed by atoms with Gasteiger partial charge in [-0.1, -0.05) is 33.6 Å². The number of nitrogens with zero attached hydrogens (tertiary/aromatic N) is 1. The molecule has 1 N–H and O–H groups in total. The van der Waals surface area contributed by atoms with Gasteiger partial charge in [0, 0.05) is 24.7 Å². The van der Waals surface area contributed by atoms with E-state index in [1.54, 1.807) is 0 Å². The van der Waals surface area contributed by atoms with Crippen molar-refractivity contribution in [2.75, 3.05) is 13.1 Å². The number of piperidine rings is 1. The Hall–Kier alpha value is -0.0800. The van der Waals surface area contributed by atoms with Crippen LogP contribution in [0.15, 0.2) is 0 Å². The third kappa shape index (κ3) is 6.27. The first kappa shape index (κ1) is 17.0. The van der Waals surface area contributed by atoms with E-state index in [4.69, 9.17) is 0 Å². The molecule has 2 nitrogen and oxygen atoms in total. The Bertz CT molecular complexity index is 227. The van der Waals surface area contributed by atoms with Gasteiger partial charge >= 0.3 is 0 Å². The fraction of sp³-hybridized carbons (Fsp3) is 1.00. The highest BCUT2D eigenvalue weighted by atomic mass is 15.2. The zero-order valence-corrected chi connectivity index (χ0v) is 13.9. The van der Waals surface area contributed by atoms with E-state index >= 15 is 0 Å². The second-order valence-electron chi connectivity index (χ2n) is 6.94. The Kier molecular flexibility index (Phi) is 8.01. The lowest BCUT2D eigenvalue weighted by atomic mass is 9.94. The molecule has 19 heavy (non-hydrogen) atoms. The zero-order chi connectivity index (χ0) is 14.3. The summed E-state index contributed by atoms with van der Waals surface area (Å²) >= 11 is 0. The lowest BCUT2D eigenvalue weighted by Gasteiger charge is -2.41. The van der Waals surface area contributed by atoms with Crippen LogP contribution in [0.4, 0.5) is 0 Å². The molecule has 114 valence electrons. The molecule has 1 fully saturated rings. The third-order valence-electron chi connectivity index (χ3n) is 4.58. The highest BCUT2D eigenvalue weighted by Gasteiger charge is 2.27. The quantitative estimate of drug-likeness (QED) is 0.714. The first-order valence-electron chi connectivity index (χ1n) is 8.53. The molecule has 0 aromatic rings. The van der Waals surface area contributed by atoms with Gasteiger partial charge in [-0.3, -0.25) is 4.90 Å².